The molecule has 0 atom stereocenters. The van der Waals surface area contributed by atoms with E-state index in [0.29, 0.717) is 0 Å². The van der Waals surface area contributed by atoms with E-state index in [1.165, 1.54) is 24.4 Å². The van der Waals surface area contributed by atoms with E-state index in [4.69, 9.17) is 0 Å². The van der Waals surface area contributed by atoms with Crippen molar-refractivity contribution in [3.8, 4) is 0 Å². The molecule has 2 heterocycles. The fourth-order valence-corrected chi connectivity index (χ4v) is 2.11. The molecule has 0 saturated carbocycles. The summed E-state index contributed by atoms with van der Waals surface area (Å²) in [6, 6.07) is 6.07. The van der Waals surface area contributed by atoms with Crippen molar-refractivity contribution in [2.24, 2.45) is 0 Å². The highest BCUT2D eigenvalue weighted by Crippen LogP contribution is 2.34. The van der Waals surface area contributed by atoms with Crippen molar-refractivity contribution in [3.05, 3.63) is 52.3 Å². The number of benzene rings is 1. The Kier molecular flexibility index (Phi) is 2.75. The number of nitrogens with zero attached hydrogens (tertiary/aromatic N) is 3. The van der Waals surface area contributed by atoms with E-state index in [1.54, 1.807) is 0 Å². The van der Waals surface area contributed by atoms with Crippen molar-refractivity contribution in [3.63, 3.8) is 0 Å². The third-order valence-corrected chi connectivity index (χ3v) is 3.01. The number of fused-ring (bicyclic) bond motifs is 3. The average Bonchev–Trinajstić information content (AvgIpc) is 2.44. The van der Waals surface area contributed by atoms with E-state index in [9.17, 15) is 23.3 Å². The molecule has 0 aliphatic heterocycles. The monoisotopic (exact) mass is 293 g/mol. The molecule has 3 rings (SSSR count). The summed E-state index contributed by atoms with van der Waals surface area (Å²) in [7, 11) is 0. The molecule has 0 N–H and O–H groups in total. The number of hydrogen-bond donors (Lipinski definition) is 0. The lowest BCUT2D eigenvalue weighted by Crippen LogP contribution is -2.08. The maximum Gasteiger partial charge on any atom is 0.433 e. The van der Waals surface area contributed by atoms with Crippen molar-refractivity contribution < 1.29 is 18.1 Å². The van der Waals surface area contributed by atoms with E-state index < -0.39 is 16.8 Å². The molecule has 106 valence electrons. The molecule has 0 aliphatic carbocycles. The van der Waals surface area contributed by atoms with Gasteiger partial charge in [-0.25, -0.2) is 4.98 Å². The molecule has 5 nitrogen and oxygen atoms in total. The zero-order valence-corrected chi connectivity index (χ0v) is 10.3. The van der Waals surface area contributed by atoms with E-state index in [-0.39, 0.29) is 27.5 Å². The third-order valence-electron chi connectivity index (χ3n) is 3.01. The summed E-state index contributed by atoms with van der Waals surface area (Å²) >= 11 is 0. The number of halogens is 3. The standard InChI is InChI=1S/C13H6F3N3O2/c14-13(15,16)10-4-3-7-6-9(19(20)21)8-2-1-5-17-12(8)11(7)18-10/h1-6H. The molecule has 0 saturated heterocycles. The van der Waals surface area contributed by atoms with Crippen molar-refractivity contribution in [2.75, 3.05) is 0 Å². The van der Waals surface area contributed by atoms with Crippen LogP contribution in [0.3, 0.4) is 0 Å². The first-order chi connectivity index (χ1) is 9.88. The number of hydrogen-bond acceptors (Lipinski definition) is 4. The van der Waals surface area contributed by atoms with E-state index in [2.05, 4.69) is 9.97 Å². The number of nitro benzene ring substituents is 1. The molecule has 3 aromatic rings. The van der Waals surface area contributed by atoms with Gasteiger partial charge in [-0.05, 0) is 18.2 Å². The minimum absolute atomic E-state index is 0.00831. The first kappa shape index (κ1) is 13.2. The summed E-state index contributed by atoms with van der Waals surface area (Å²) in [4.78, 5) is 18.0. The number of rotatable bonds is 1. The van der Waals surface area contributed by atoms with Gasteiger partial charge in [0, 0.05) is 17.6 Å². The molecule has 0 aliphatic rings. The van der Waals surface area contributed by atoms with Crippen LogP contribution in [0.2, 0.25) is 0 Å². The molecular formula is C13H6F3N3O2. The lowest BCUT2D eigenvalue weighted by atomic mass is 10.1. The van der Waals surface area contributed by atoms with Crippen LogP contribution in [0.1, 0.15) is 5.69 Å². The quantitative estimate of drug-likeness (QED) is 0.389. The molecule has 1 aromatic carbocycles. The Balaban J connectivity index is 2.46. The van der Waals surface area contributed by atoms with Gasteiger partial charge >= 0.3 is 6.18 Å². The first-order valence-corrected chi connectivity index (χ1v) is 5.78. The molecule has 0 spiro atoms. The Morgan fingerprint density at radius 1 is 1.14 bits per heavy atom. The van der Waals surface area contributed by atoms with Gasteiger partial charge in [-0.2, -0.15) is 13.2 Å². The fourth-order valence-electron chi connectivity index (χ4n) is 2.11. The Morgan fingerprint density at radius 3 is 2.57 bits per heavy atom. The molecule has 2 aromatic heterocycles. The van der Waals surface area contributed by atoms with Gasteiger partial charge in [0.15, 0.2) is 0 Å². The van der Waals surface area contributed by atoms with E-state index in [0.717, 1.165) is 12.1 Å². The van der Waals surface area contributed by atoms with E-state index >= 15 is 0 Å². The van der Waals surface area contributed by atoms with Gasteiger partial charge in [0.25, 0.3) is 5.69 Å². The van der Waals surface area contributed by atoms with Crippen LogP contribution in [-0.4, -0.2) is 14.9 Å². The van der Waals surface area contributed by atoms with Gasteiger partial charge in [-0.3, -0.25) is 15.1 Å². The van der Waals surface area contributed by atoms with Gasteiger partial charge in [0.1, 0.15) is 11.2 Å². The summed E-state index contributed by atoms with van der Waals surface area (Å²) in [5.41, 5.74) is -1.21. The minimum Gasteiger partial charge on any atom is -0.258 e. The fraction of sp³-hybridized carbons (Fsp3) is 0.0769. The molecule has 8 heteroatoms. The normalized spacial score (nSPS) is 12.0. The van der Waals surface area contributed by atoms with Crippen molar-refractivity contribution in [1.82, 2.24) is 9.97 Å². The lowest BCUT2D eigenvalue weighted by molar-refractivity contribution is -0.382. The second-order valence-electron chi connectivity index (χ2n) is 4.32. The van der Waals surface area contributed by atoms with Crippen LogP contribution in [0.15, 0.2) is 36.5 Å². The number of aromatic nitrogens is 2. The predicted octanol–water partition coefficient (Wildman–Crippen LogP) is 3.71. The second kappa shape index (κ2) is 4.37. The van der Waals surface area contributed by atoms with Gasteiger partial charge in [0.05, 0.1) is 15.8 Å². The lowest BCUT2D eigenvalue weighted by Gasteiger charge is -2.08. The minimum atomic E-state index is -4.59. The Morgan fingerprint density at radius 2 is 1.90 bits per heavy atom. The first-order valence-electron chi connectivity index (χ1n) is 5.78. The molecule has 0 amide bonds. The molecule has 0 unspecified atom stereocenters. The summed E-state index contributed by atoms with van der Waals surface area (Å²) in [6.45, 7) is 0. The topological polar surface area (TPSA) is 68.9 Å². The number of nitro groups is 1. The molecule has 0 bridgehead atoms. The number of pyridine rings is 2. The highest BCUT2D eigenvalue weighted by atomic mass is 19.4. The summed E-state index contributed by atoms with van der Waals surface area (Å²) in [5.74, 6) is 0. The van der Waals surface area contributed by atoms with Crippen LogP contribution < -0.4 is 0 Å². The number of non-ortho nitro benzene ring substituents is 1. The van der Waals surface area contributed by atoms with Crippen LogP contribution in [0.25, 0.3) is 21.8 Å². The van der Waals surface area contributed by atoms with Gasteiger partial charge in [0.2, 0.25) is 0 Å². The summed E-state index contributed by atoms with van der Waals surface area (Å²) in [6.07, 6.45) is -3.23. The van der Waals surface area contributed by atoms with E-state index in [1.807, 2.05) is 0 Å². The Hall–Kier alpha value is -2.77. The summed E-state index contributed by atoms with van der Waals surface area (Å²) in [5, 5.41) is 11.5. The highest BCUT2D eigenvalue weighted by molar-refractivity contribution is 6.07. The van der Waals surface area contributed by atoms with Crippen LogP contribution in [0, 0.1) is 10.1 Å². The molecule has 0 fully saturated rings. The zero-order chi connectivity index (χ0) is 15.2. The SMILES string of the molecule is O=[N+]([O-])c1cc2ccc(C(F)(F)F)nc2c2ncccc12. The van der Waals surface area contributed by atoms with Crippen molar-refractivity contribution in [1.29, 1.82) is 0 Å². The third kappa shape index (κ3) is 2.14. The van der Waals surface area contributed by atoms with Crippen molar-refractivity contribution in [2.45, 2.75) is 6.18 Å². The maximum atomic E-state index is 12.7. The Bertz CT molecular complexity index is 878. The van der Waals surface area contributed by atoms with Gasteiger partial charge in [-0.1, -0.05) is 6.07 Å². The van der Waals surface area contributed by atoms with Crippen LogP contribution >= 0.6 is 0 Å². The number of alkyl halides is 3. The smallest absolute Gasteiger partial charge is 0.258 e. The second-order valence-corrected chi connectivity index (χ2v) is 4.32. The average molecular weight is 293 g/mol. The molecule has 21 heavy (non-hydrogen) atoms. The Labute approximate surface area is 115 Å². The van der Waals surface area contributed by atoms with Crippen molar-refractivity contribution >= 4 is 27.5 Å². The largest absolute Gasteiger partial charge is 0.433 e. The maximum absolute atomic E-state index is 12.7. The van der Waals surface area contributed by atoms with Gasteiger partial charge in [-0.15, -0.1) is 0 Å². The van der Waals surface area contributed by atoms with Crippen LogP contribution in [0.5, 0.6) is 0 Å². The van der Waals surface area contributed by atoms with Gasteiger partial charge < -0.3 is 0 Å². The zero-order valence-electron chi connectivity index (χ0n) is 10.3. The predicted molar refractivity (Wildman–Crippen MR) is 68.7 cm³/mol. The highest BCUT2D eigenvalue weighted by Gasteiger charge is 2.33. The summed E-state index contributed by atoms with van der Waals surface area (Å²) < 4.78 is 38.2. The molecule has 0 radical (unpaired) electrons. The van der Waals surface area contributed by atoms with Crippen LogP contribution in [-0.2, 0) is 6.18 Å². The molecular weight excluding hydrogens is 287 g/mol. The van der Waals surface area contributed by atoms with Crippen LogP contribution in [0.4, 0.5) is 18.9 Å².